The second-order valence-corrected chi connectivity index (χ2v) is 3.29. The SMILES string of the molecule is C1=Cc2c([nH]c3ccccc23)CN=N1. The van der Waals surface area contributed by atoms with Crippen LogP contribution in [0.2, 0.25) is 0 Å². The first kappa shape index (κ1) is 7.50. The van der Waals surface area contributed by atoms with Crippen molar-refractivity contribution in [3.8, 4) is 0 Å². The Hall–Kier alpha value is -1.90. The number of rotatable bonds is 0. The molecule has 0 amide bonds. The minimum absolute atomic E-state index is 0.636. The lowest BCUT2D eigenvalue weighted by Crippen LogP contribution is -1.81. The number of hydrogen-bond donors (Lipinski definition) is 1. The molecule has 68 valence electrons. The fourth-order valence-electron chi connectivity index (χ4n) is 1.80. The highest BCUT2D eigenvalue weighted by atomic mass is 15.1. The number of H-pyrrole nitrogens is 1. The molecule has 3 nitrogen and oxygen atoms in total. The highest BCUT2D eigenvalue weighted by Crippen LogP contribution is 2.25. The molecule has 1 aromatic carbocycles. The normalized spacial score (nSPS) is 14.3. The van der Waals surface area contributed by atoms with E-state index >= 15 is 0 Å². The summed E-state index contributed by atoms with van der Waals surface area (Å²) in [5.41, 5.74) is 3.52. The molecule has 0 bridgehead atoms. The summed E-state index contributed by atoms with van der Waals surface area (Å²) in [4.78, 5) is 3.35. The van der Waals surface area contributed by atoms with Crippen LogP contribution in [0.3, 0.4) is 0 Å². The Kier molecular flexibility index (Phi) is 1.50. The number of nitrogens with zero attached hydrogens (tertiary/aromatic N) is 2. The molecule has 0 saturated carbocycles. The summed E-state index contributed by atoms with van der Waals surface area (Å²) >= 11 is 0. The van der Waals surface area contributed by atoms with Gasteiger partial charge in [-0.3, -0.25) is 0 Å². The van der Waals surface area contributed by atoms with Gasteiger partial charge < -0.3 is 4.98 Å². The van der Waals surface area contributed by atoms with Gasteiger partial charge in [-0.25, -0.2) is 0 Å². The van der Waals surface area contributed by atoms with Crippen molar-refractivity contribution in [2.45, 2.75) is 6.54 Å². The van der Waals surface area contributed by atoms with Crippen LogP contribution in [0.25, 0.3) is 17.0 Å². The third-order valence-corrected chi connectivity index (χ3v) is 2.45. The smallest absolute Gasteiger partial charge is 0.101 e. The van der Waals surface area contributed by atoms with Crippen LogP contribution in [-0.4, -0.2) is 4.98 Å². The van der Waals surface area contributed by atoms with Crippen LogP contribution in [0.1, 0.15) is 11.3 Å². The van der Waals surface area contributed by atoms with Crippen LogP contribution in [0.5, 0.6) is 0 Å². The van der Waals surface area contributed by atoms with E-state index in [1.165, 1.54) is 16.5 Å². The van der Waals surface area contributed by atoms with Crippen molar-refractivity contribution < 1.29 is 0 Å². The van der Waals surface area contributed by atoms with Gasteiger partial charge in [-0.05, 0) is 12.1 Å². The molecule has 14 heavy (non-hydrogen) atoms. The van der Waals surface area contributed by atoms with E-state index in [0.717, 1.165) is 5.69 Å². The molecule has 3 rings (SSSR count). The zero-order valence-electron chi connectivity index (χ0n) is 7.57. The summed E-state index contributed by atoms with van der Waals surface area (Å²) in [7, 11) is 0. The molecule has 0 aliphatic carbocycles. The number of para-hydroxylation sites is 1. The van der Waals surface area contributed by atoms with Gasteiger partial charge in [0, 0.05) is 28.4 Å². The van der Waals surface area contributed by atoms with Crippen molar-refractivity contribution in [3.05, 3.63) is 41.7 Å². The third kappa shape index (κ3) is 0.988. The largest absolute Gasteiger partial charge is 0.356 e. The van der Waals surface area contributed by atoms with Crippen molar-refractivity contribution >= 4 is 17.0 Å². The molecular weight excluding hydrogens is 174 g/mol. The number of fused-ring (bicyclic) bond motifs is 3. The minimum atomic E-state index is 0.636. The van der Waals surface area contributed by atoms with E-state index in [9.17, 15) is 0 Å². The van der Waals surface area contributed by atoms with E-state index in [1.54, 1.807) is 6.20 Å². The molecule has 3 heteroatoms. The third-order valence-electron chi connectivity index (χ3n) is 2.45. The lowest BCUT2D eigenvalue weighted by atomic mass is 10.1. The van der Waals surface area contributed by atoms with Crippen molar-refractivity contribution in [1.29, 1.82) is 0 Å². The first-order valence-electron chi connectivity index (χ1n) is 4.58. The first-order valence-corrected chi connectivity index (χ1v) is 4.58. The van der Waals surface area contributed by atoms with Crippen molar-refractivity contribution in [2.75, 3.05) is 0 Å². The zero-order chi connectivity index (χ0) is 9.38. The number of aromatic nitrogens is 1. The molecule has 0 unspecified atom stereocenters. The summed E-state index contributed by atoms with van der Waals surface area (Å²) in [5, 5.41) is 9.15. The molecular formula is C11H9N3. The maximum Gasteiger partial charge on any atom is 0.101 e. The van der Waals surface area contributed by atoms with Gasteiger partial charge >= 0.3 is 0 Å². The monoisotopic (exact) mass is 183 g/mol. The number of hydrogen-bond acceptors (Lipinski definition) is 2. The fraction of sp³-hybridized carbons (Fsp3) is 0.0909. The van der Waals surface area contributed by atoms with Crippen molar-refractivity contribution in [1.82, 2.24) is 4.98 Å². The van der Waals surface area contributed by atoms with Gasteiger partial charge in [0.25, 0.3) is 0 Å². The highest BCUT2D eigenvalue weighted by Gasteiger charge is 2.08. The molecule has 2 heterocycles. The molecule has 0 atom stereocenters. The number of nitrogens with one attached hydrogen (secondary N) is 1. The van der Waals surface area contributed by atoms with Crippen LogP contribution < -0.4 is 0 Å². The van der Waals surface area contributed by atoms with E-state index in [1.807, 2.05) is 18.2 Å². The van der Waals surface area contributed by atoms with Gasteiger partial charge in [0.1, 0.15) is 6.54 Å². The topological polar surface area (TPSA) is 40.5 Å². The Labute approximate surface area is 81.2 Å². The molecule has 0 spiro atoms. The van der Waals surface area contributed by atoms with Crippen molar-refractivity contribution in [3.63, 3.8) is 0 Å². The predicted molar refractivity (Wildman–Crippen MR) is 55.9 cm³/mol. The number of benzene rings is 1. The zero-order valence-corrected chi connectivity index (χ0v) is 7.57. The molecule has 0 fully saturated rings. The fourth-order valence-corrected chi connectivity index (χ4v) is 1.80. The second-order valence-electron chi connectivity index (χ2n) is 3.29. The van der Waals surface area contributed by atoms with E-state index in [2.05, 4.69) is 27.3 Å². The Bertz CT molecular complexity index is 534. The first-order chi connectivity index (χ1) is 6.95. The Morgan fingerprint density at radius 2 is 2.14 bits per heavy atom. The number of azo groups is 1. The van der Waals surface area contributed by atoms with E-state index in [0.29, 0.717) is 6.54 Å². The van der Waals surface area contributed by atoms with Gasteiger partial charge in [0.2, 0.25) is 0 Å². The molecule has 1 N–H and O–H groups in total. The summed E-state index contributed by atoms with van der Waals surface area (Å²) in [6.45, 7) is 0.636. The Morgan fingerprint density at radius 3 is 3.14 bits per heavy atom. The van der Waals surface area contributed by atoms with Crippen LogP contribution >= 0.6 is 0 Å². The van der Waals surface area contributed by atoms with Crippen LogP contribution in [0, 0.1) is 0 Å². The lowest BCUT2D eigenvalue weighted by molar-refractivity contribution is 0.934. The maximum atomic E-state index is 4.01. The number of aromatic amines is 1. The quantitative estimate of drug-likeness (QED) is 0.652. The molecule has 1 aliphatic heterocycles. The molecule has 0 saturated heterocycles. The van der Waals surface area contributed by atoms with E-state index in [-0.39, 0.29) is 0 Å². The van der Waals surface area contributed by atoms with Gasteiger partial charge in [-0.15, -0.1) is 0 Å². The summed E-state index contributed by atoms with van der Waals surface area (Å²) in [6, 6.07) is 8.27. The molecule has 0 radical (unpaired) electrons. The molecule has 2 aromatic rings. The van der Waals surface area contributed by atoms with Gasteiger partial charge in [0.05, 0.1) is 0 Å². The van der Waals surface area contributed by atoms with Crippen LogP contribution in [0.15, 0.2) is 40.7 Å². The van der Waals surface area contributed by atoms with Crippen LogP contribution in [-0.2, 0) is 6.54 Å². The standard InChI is InChI=1S/C11H9N3/c1-2-4-10-8(3-1)9-5-6-12-13-7-11(9)14-10/h1-6,14H,7H2. The van der Waals surface area contributed by atoms with Gasteiger partial charge in [0.15, 0.2) is 0 Å². The summed E-state index contributed by atoms with van der Waals surface area (Å²) < 4.78 is 0. The van der Waals surface area contributed by atoms with Crippen molar-refractivity contribution in [2.24, 2.45) is 10.2 Å². The maximum absolute atomic E-state index is 4.01. The summed E-state index contributed by atoms with van der Waals surface area (Å²) in [5.74, 6) is 0. The van der Waals surface area contributed by atoms with Crippen LogP contribution in [0.4, 0.5) is 0 Å². The Balaban J connectivity index is 2.37. The summed E-state index contributed by atoms with van der Waals surface area (Å²) in [6.07, 6.45) is 3.75. The average Bonchev–Trinajstić information content (AvgIpc) is 2.42. The van der Waals surface area contributed by atoms with E-state index < -0.39 is 0 Å². The lowest BCUT2D eigenvalue weighted by Gasteiger charge is -1.91. The Morgan fingerprint density at radius 1 is 1.21 bits per heavy atom. The molecule has 1 aliphatic rings. The average molecular weight is 183 g/mol. The minimum Gasteiger partial charge on any atom is -0.356 e. The van der Waals surface area contributed by atoms with Gasteiger partial charge in [-0.1, -0.05) is 18.2 Å². The van der Waals surface area contributed by atoms with E-state index in [4.69, 9.17) is 0 Å². The highest BCUT2D eigenvalue weighted by molar-refractivity contribution is 5.90. The predicted octanol–water partition coefficient (Wildman–Crippen LogP) is 3.10. The van der Waals surface area contributed by atoms with Gasteiger partial charge in [-0.2, -0.15) is 10.2 Å². The molecule has 1 aromatic heterocycles. The second kappa shape index (κ2) is 2.80.